The van der Waals surface area contributed by atoms with Crippen molar-refractivity contribution < 1.29 is 14.3 Å². The van der Waals surface area contributed by atoms with Gasteiger partial charge in [-0.15, -0.1) is 0 Å². The Bertz CT molecular complexity index is 1340. The van der Waals surface area contributed by atoms with Crippen molar-refractivity contribution in [1.29, 1.82) is 5.26 Å². The summed E-state index contributed by atoms with van der Waals surface area (Å²) in [7, 11) is 1.55. The first-order chi connectivity index (χ1) is 16.9. The summed E-state index contributed by atoms with van der Waals surface area (Å²) in [6, 6.07) is 22.7. The van der Waals surface area contributed by atoms with Gasteiger partial charge in [0.2, 0.25) is 5.91 Å². The van der Waals surface area contributed by atoms with Gasteiger partial charge in [0.1, 0.15) is 22.4 Å². The molecule has 4 rings (SSSR count). The maximum Gasteiger partial charge on any atom is 0.269 e. The van der Waals surface area contributed by atoms with Crippen LogP contribution in [-0.4, -0.2) is 24.2 Å². The molecular formula is C26H19Cl2N3O3S. The first-order valence-electron chi connectivity index (χ1n) is 10.5. The number of rotatable bonds is 6. The quantitative estimate of drug-likeness (QED) is 0.313. The fourth-order valence-corrected chi connectivity index (χ4v) is 5.25. The number of thioether (sulfide) groups is 1. The lowest BCUT2D eigenvalue weighted by Gasteiger charge is -2.18. The number of carbonyl (C=O) groups is 2. The maximum atomic E-state index is 13.5. The van der Waals surface area contributed by atoms with Gasteiger partial charge in [-0.25, -0.2) is 0 Å². The SMILES string of the molecule is COc1ccc(NC(=O)C(C#N)=C2SC(Cc3cc(Cl)ccc3Cl)C(=O)N2c2ccccc2)cc1. The van der Waals surface area contributed by atoms with Gasteiger partial charge in [-0.2, -0.15) is 5.26 Å². The minimum absolute atomic E-state index is 0.164. The molecule has 1 fully saturated rings. The molecule has 0 aromatic heterocycles. The van der Waals surface area contributed by atoms with Crippen molar-refractivity contribution in [2.75, 3.05) is 17.3 Å². The van der Waals surface area contributed by atoms with Gasteiger partial charge in [0.15, 0.2) is 0 Å². The molecule has 1 aliphatic heterocycles. The summed E-state index contributed by atoms with van der Waals surface area (Å²) in [5, 5.41) is 13.3. The van der Waals surface area contributed by atoms with Crippen LogP contribution in [0.5, 0.6) is 5.75 Å². The number of nitrogens with one attached hydrogen (secondary N) is 1. The van der Waals surface area contributed by atoms with E-state index in [1.54, 1.807) is 73.8 Å². The lowest BCUT2D eigenvalue weighted by atomic mass is 10.1. The Morgan fingerprint density at radius 1 is 1.11 bits per heavy atom. The van der Waals surface area contributed by atoms with Gasteiger partial charge in [-0.1, -0.05) is 53.2 Å². The van der Waals surface area contributed by atoms with Crippen molar-refractivity contribution in [3.8, 4) is 11.8 Å². The van der Waals surface area contributed by atoms with E-state index >= 15 is 0 Å². The highest BCUT2D eigenvalue weighted by molar-refractivity contribution is 8.05. The Labute approximate surface area is 217 Å². The van der Waals surface area contributed by atoms with Crippen LogP contribution in [0.15, 0.2) is 83.4 Å². The molecule has 1 atom stereocenters. The third-order valence-corrected chi connectivity index (χ3v) is 7.15. The Balaban J connectivity index is 1.70. The third-order valence-electron chi connectivity index (χ3n) is 5.28. The molecule has 0 aliphatic carbocycles. The van der Waals surface area contributed by atoms with Crippen molar-refractivity contribution in [3.05, 3.63) is 99.0 Å². The van der Waals surface area contributed by atoms with Crippen molar-refractivity contribution in [2.45, 2.75) is 11.7 Å². The molecule has 1 heterocycles. The lowest BCUT2D eigenvalue weighted by molar-refractivity contribution is -0.117. The average molecular weight is 524 g/mol. The van der Waals surface area contributed by atoms with Crippen molar-refractivity contribution in [3.63, 3.8) is 0 Å². The number of nitrogens with zero attached hydrogens (tertiary/aromatic N) is 2. The molecule has 0 radical (unpaired) electrons. The number of amides is 2. The van der Waals surface area contributed by atoms with Gasteiger partial charge in [0.05, 0.1) is 12.4 Å². The molecule has 35 heavy (non-hydrogen) atoms. The molecule has 0 spiro atoms. The summed E-state index contributed by atoms with van der Waals surface area (Å²) < 4.78 is 5.14. The molecule has 9 heteroatoms. The molecule has 0 bridgehead atoms. The zero-order chi connectivity index (χ0) is 24.9. The number of hydrogen-bond donors (Lipinski definition) is 1. The number of para-hydroxylation sites is 1. The second-order valence-electron chi connectivity index (χ2n) is 7.53. The predicted molar refractivity (Wildman–Crippen MR) is 140 cm³/mol. The molecule has 2 amide bonds. The number of anilines is 2. The summed E-state index contributed by atoms with van der Waals surface area (Å²) in [6.45, 7) is 0. The fourth-order valence-electron chi connectivity index (χ4n) is 3.57. The molecule has 6 nitrogen and oxygen atoms in total. The van der Waals surface area contributed by atoms with Gasteiger partial charge in [-0.3, -0.25) is 14.5 Å². The van der Waals surface area contributed by atoms with E-state index in [4.69, 9.17) is 27.9 Å². The zero-order valence-electron chi connectivity index (χ0n) is 18.5. The molecule has 1 N–H and O–H groups in total. The number of hydrogen-bond acceptors (Lipinski definition) is 5. The van der Waals surface area contributed by atoms with Crippen LogP contribution in [0, 0.1) is 11.3 Å². The van der Waals surface area contributed by atoms with E-state index in [2.05, 4.69) is 5.32 Å². The maximum absolute atomic E-state index is 13.5. The number of methoxy groups -OCH3 is 1. The Morgan fingerprint density at radius 2 is 1.83 bits per heavy atom. The van der Waals surface area contributed by atoms with Crippen LogP contribution in [-0.2, 0) is 16.0 Å². The van der Waals surface area contributed by atoms with E-state index in [0.717, 1.165) is 11.8 Å². The van der Waals surface area contributed by atoms with Crippen LogP contribution >= 0.6 is 35.0 Å². The lowest BCUT2D eigenvalue weighted by Crippen LogP contribution is -2.30. The number of ether oxygens (including phenoxy) is 1. The van der Waals surface area contributed by atoms with Gasteiger partial charge in [0, 0.05) is 21.4 Å². The fraction of sp³-hybridized carbons (Fsp3) is 0.115. The minimum Gasteiger partial charge on any atom is -0.497 e. The molecule has 3 aromatic rings. The van der Waals surface area contributed by atoms with Crippen molar-refractivity contribution >= 4 is 58.2 Å². The van der Waals surface area contributed by atoms with Crippen LogP contribution < -0.4 is 15.0 Å². The highest BCUT2D eigenvalue weighted by atomic mass is 35.5. The summed E-state index contributed by atoms with van der Waals surface area (Å²) >= 11 is 13.6. The highest BCUT2D eigenvalue weighted by Gasteiger charge is 2.41. The van der Waals surface area contributed by atoms with Gasteiger partial charge < -0.3 is 10.1 Å². The largest absolute Gasteiger partial charge is 0.497 e. The summed E-state index contributed by atoms with van der Waals surface area (Å²) in [4.78, 5) is 28.1. The van der Waals surface area contributed by atoms with Crippen LogP contribution in [0.4, 0.5) is 11.4 Å². The van der Waals surface area contributed by atoms with E-state index in [1.165, 1.54) is 4.90 Å². The van der Waals surface area contributed by atoms with E-state index in [-0.39, 0.29) is 22.9 Å². The van der Waals surface area contributed by atoms with Crippen LogP contribution in [0.25, 0.3) is 0 Å². The van der Waals surface area contributed by atoms with Gasteiger partial charge in [-0.05, 0) is 66.6 Å². The van der Waals surface area contributed by atoms with Gasteiger partial charge >= 0.3 is 0 Å². The predicted octanol–water partition coefficient (Wildman–Crippen LogP) is 6.07. The molecule has 3 aromatic carbocycles. The third kappa shape index (κ3) is 5.46. The van der Waals surface area contributed by atoms with Crippen LogP contribution in [0.2, 0.25) is 10.0 Å². The first kappa shape index (κ1) is 24.7. The van der Waals surface area contributed by atoms with E-state index in [9.17, 15) is 14.9 Å². The topological polar surface area (TPSA) is 82.4 Å². The molecule has 1 unspecified atom stereocenters. The second-order valence-corrected chi connectivity index (χ2v) is 9.57. The van der Waals surface area contributed by atoms with Gasteiger partial charge in [0.25, 0.3) is 5.91 Å². The number of carbonyl (C=O) groups excluding carboxylic acids is 2. The molecule has 1 saturated heterocycles. The van der Waals surface area contributed by atoms with Crippen LogP contribution in [0.1, 0.15) is 5.56 Å². The number of halogens is 2. The average Bonchev–Trinajstić information content (AvgIpc) is 3.18. The van der Waals surface area contributed by atoms with Crippen molar-refractivity contribution in [2.24, 2.45) is 0 Å². The minimum atomic E-state index is -0.615. The normalized spacial score (nSPS) is 16.6. The Hall–Kier alpha value is -3.44. The number of nitriles is 1. The van der Waals surface area contributed by atoms with Crippen LogP contribution in [0.3, 0.4) is 0 Å². The number of benzene rings is 3. The summed E-state index contributed by atoms with van der Waals surface area (Å²) in [5.41, 5.74) is 1.60. The second kappa shape index (κ2) is 10.9. The standard InChI is InChI=1S/C26H19Cl2N3O3S/c1-34-20-10-8-18(9-11-20)30-24(32)21(15-29)26-31(19-5-3-2-4-6-19)25(33)23(35-26)14-16-13-17(27)7-12-22(16)28/h2-13,23H,14H2,1H3,(H,30,32). The van der Waals surface area contributed by atoms with E-state index in [1.807, 2.05) is 12.1 Å². The Morgan fingerprint density at radius 3 is 2.49 bits per heavy atom. The monoisotopic (exact) mass is 523 g/mol. The Kier molecular flexibility index (Phi) is 7.67. The summed E-state index contributed by atoms with van der Waals surface area (Å²) in [6.07, 6.45) is 0.286. The molecule has 176 valence electrons. The smallest absolute Gasteiger partial charge is 0.269 e. The zero-order valence-corrected chi connectivity index (χ0v) is 20.8. The molecular weight excluding hydrogens is 505 g/mol. The highest BCUT2D eigenvalue weighted by Crippen LogP contribution is 2.42. The van der Waals surface area contributed by atoms with Crippen molar-refractivity contribution in [1.82, 2.24) is 0 Å². The van der Waals surface area contributed by atoms with E-state index in [0.29, 0.717) is 32.7 Å². The first-order valence-corrected chi connectivity index (χ1v) is 12.1. The summed E-state index contributed by atoms with van der Waals surface area (Å²) in [5.74, 6) is -0.232. The van der Waals surface area contributed by atoms with E-state index < -0.39 is 11.2 Å². The molecule has 0 saturated carbocycles. The molecule has 1 aliphatic rings.